The van der Waals surface area contributed by atoms with E-state index >= 15 is 0 Å². The van der Waals surface area contributed by atoms with Gasteiger partial charge in [-0.15, -0.1) is 0 Å². The van der Waals surface area contributed by atoms with Gasteiger partial charge in [-0.3, -0.25) is 0 Å². The predicted octanol–water partition coefficient (Wildman–Crippen LogP) is 5.65. The molecule has 0 radical (unpaired) electrons. The van der Waals surface area contributed by atoms with Crippen LogP contribution in [0.15, 0.2) is 30.3 Å². The predicted molar refractivity (Wildman–Crippen MR) is 106 cm³/mol. The molecule has 26 heavy (non-hydrogen) atoms. The molecule has 0 spiro atoms. The zero-order valence-electron chi connectivity index (χ0n) is 17.5. The molecule has 1 atom stereocenters. The minimum absolute atomic E-state index is 0.00452. The zero-order chi connectivity index (χ0) is 19.5. The molecule has 0 aromatic heterocycles. The first-order valence-corrected chi connectivity index (χ1v) is 9.90. The summed E-state index contributed by atoms with van der Waals surface area (Å²) in [6, 6.07) is 10.2. The fourth-order valence-electron chi connectivity index (χ4n) is 3.68. The van der Waals surface area contributed by atoms with Crippen LogP contribution in [0, 0.1) is 0 Å². The number of hydrogen-bond donors (Lipinski definition) is 0. The van der Waals surface area contributed by atoms with Crippen molar-refractivity contribution in [3.8, 4) is 0 Å². The summed E-state index contributed by atoms with van der Waals surface area (Å²) in [5.41, 5.74) is 0.165. The van der Waals surface area contributed by atoms with Gasteiger partial charge in [-0.2, -0.15) is 0 Å². The van der Waals surface area contributed by atoms with Gasteiger partial charge < -0.3 is 18.9 Å². The maximum absolute atomic E-state index is 6.51. The number of rotatable bonds is 14. The second-order valence-electron chi connectivity index (χ2n) is 7.05. The molecule has 1 aromatic carbocycles. The van der Waals surface area contributed by atoms with E-state index in [9.17, 15) is 0 Å². The van der Waals surface area contributed by atoms with E-state index < -0.39 is 11.6 Å². The summed E-state index contributed by atoms with van der Waals surface area (Å²) in [5.74, 6) is -1.30. The fraction of sp³-hybridized carbons (Fsp3) is 0.727. The Balaban J connectivity index is 3.18. The Morgan fingerprint density at radius 2 is 1.35 bits per heavy atom. The fourth-order valence-corrected chi connectivity index (χ4v) is 3.68. The second kappa shape index (κ2) is 11.7. The van der Waals surface area contributed by atoms with Crippen molar-refractivity contribution in [3.05, 3.63) is 35.9 Å². The van der Waals surface area contributed by atoms with Crippen molar-refractivity contribution in [2.24, 2.45) is 0 Å². The maximum Gasteiger partial charge on any atom is 0.317 e. The monoisotopic (exact) mass is 366 g/mol. The Labute approximate surface area is 160 Å². The van der Waals surface area contributed by atoms with Gasteiger partial charge >= 0.3 is 5.97 Å². The van der Waals surface area contributed by atoms with E-state index in [1.165, 1.54) is 25.7 Å². The van der Waals surface area contributed by atoms with Crippen LogP contribution in [0.5, 0.6) is 0 Å². The maximum atomic E-state index is 6.51. The lowest BCUT2D eigenvalue weighted by Gasteiger charge is -2.47. The first kappa shape index (κ1) is 23.1. The molecule has 0 saturated heterocycles. The number of ether oxygens (including phenoxy) is 4. The highest BCUT2D eigenvalue weighted by molar-refractivity contribution is 5.25. The Morgan fingerprint density at radius 1 is 0.808 bits per heavy atom. The number of hydrogen-bond acceptors (Lipinski definition) is 4. The normalized spacial score (nSPS) is 14.6. The van der Waals surface area contributed by atoms with Crippen molar-refractivity contribution >= 4 is 0 Å². The first-order valence-electron chi connectivity index (χ1n) is 9.90. The quantitative estimate of drug-likeness (QED) is 0.315. The van der Waals surface area contributed by atoms with Gasteiger partial charge in [-0.25, -0.2) is 0 Å². The van der Waals surface area contributed by atoms with Crippen LogP contribution in [0.3, 0.4) is 0 Å². The lowest BCUT2D eigenvalue weighted by molar-refractivity contribution is -0.437. The molecule has 150 valence electrons. The first-order chi connectivity index (χ1) is 12.5. The van der Waals surface area contributed by atoms with Crippen molar-refractivity contribution < 1.29 is 18.9 Å². The van der Waals surface area contributed by atoms with Gasteiger partial charge in [-0.05, 0) is 32.3 Å². The van der Waals surface area contributed by atoms with Gasteiger partial charge in [0.2, 0.25) is 0 Å². The minimum atomic E-state index is -1.30. The molecule has 0 fully saturated rings. The molecular formula is C22H38O4. The summed E-state index contributed by atoms with van der Waals surface area (Å²) in [5, 5.41) is 0. The summed E-state index contributed by atoms with van der Waals surface area (Å²) in [6.45, 7) is 6.30. The minimum Gasteiger partial charge on any atom is -0.359 e. The zero-order valence-corrected chi connectivity index (χ0v) is 17.5. The van der Waals surface area contributed by atoms with E-state index in [-0.39, 0.29) is 6.10 Å². The van der Waals surface area contributed by atoms with Gasteiger partial charge in [0.05, 0.1) is 6.10 Å². The van der Waals surface area contributed by atoms with Crippen LogP contribution in [0.4, 0.5) is 0 Å². The molecule has 0 saturated carbocycles. The summed E-state index contributed by atoms with van der Waals surface area (Å²) < 4.78 is 23.9. The second-order valence-corrected chi connectivity index (χ2v) is 7.05. The lowest BCUT2D eigenvalue weighted by Crippen LogP contribution is -2.58. The standard InChI is InChI=1S/C22H38O4/c1-7-8-9-10-11-15-18-21(26-19(2)3,20-16-13-12-14-17-20)22(23-4,24-5)25-6/h12-14,16-17,19H,7-11,15,18H2,1-6H3. The van der Waals surface area contributed by atoms with Crippen LogP contribution in [0.1, 0.15) is 71.3 Å². The largest absolute Gasteiger partial charge is 0.359 e. The van der Waals surface area contributed by atoms with Gasteiger partial charge in [0.1, 0.15) is 0 Å². The summed E-state index contributed by atoms with van der Waals surface area (Å²) >= 11 is 0. The van der Waals surface area contributed by atoms with E-state index in [0.717, 1.165) is 24.8 Å². The van der Waals surface area contributed by atoms with Crippen LogP contribution < -0.4 is 0 Å². The Morgan fingerprint density at radius 3 is 1.85 bits per heavy atom. The average Bonchev–Trinajstić information content (AvgIpc) is 2.66. The van der Waals surface area contributed by atoms with Crippen molar-refractivity contribution in [2.45, 2.75) is 83.4 Å². The van der Waals surface area contributed by atoms with E-state index in [0.29, 0.717) is 0 Å². The highest BCUT2D eigenvalue weighted by Gasteiger charge is 2.56. The summed E-state index contributed by atoms with van der Waals surface area (Å²) in [7, 11) is 4.82. The highest BCUT2D eigenvalue weighted by Crippen LogP contribution is 2.45. The molecule has 0 aliphatic rings. The van der Waals surface area contributed by atoms with Crippen LogP contribution in [-0.2, 0) is 24.5 Å². The van der Waals surface area contributed by atoms with Crippen molar-refractivity contribution in [1.29, 1.82) is 0 Å². The molecule has 4 heteroatoms. The van der Waals surface area contributed by atoms with E-state index in [4.69, 9.17) is 18.9 Å². The Bertz CT molecular complexity index is 462. The van der Waals surface area contributed by atoms with Gasteiger partial charge in [0.15, 0.2) is 5.60 Å². The number of methoxy groups -OCH3 is 3. The van der Waals surface area contributed by atoms with E-state index in [1.54, 1.807) is 21.3 Å². The third-order valence-corrected chi connectivity index (χ3v) is 4.86. The molecule has 1 rings (SSSR count). The van der Waals surface area contributed by atoms with Crippen LogP contribution in [-0.4, -0.2) is 33.4 Å². The van der Waals surface area contributed by atoms with E-state index in [1.807, 2.05) is 32.0 Å². The van der Waals surface area contributed by atoms with Gasteiger partial charge in [0.25, 0.3) is 0 Å². The van der Waals surface area contributed by atoms with Crippen LogP contribution in [0.2, 0.25) is 0 Å². The SMILES string of the molecule is CCCCCCCCC(OC(C)C)(c1ccccc1)C(OC)(OC)OC. The van der Waals surface area contributed by atoms with Crippen molar-refractivity contribution in [2.75, 3.05) is 21.3 Å². The van der Waals surface area contributed by atoms with E-state index in [2.05, 4.69) is 19.1 Å². The molecule has 1 aromatic rings. The smallest absolute Gasteiger partial charge is 0.317 e. The molecule has 0 bridgehead atoms. The average molecular weight is 367 g/mol. The summed E-state index contributed by atoms with van der Waals surface area (Å²) in [4.78, 5) is 0. The van der Waals surface area contributed by atoms with Crippen LogP contribution in [0.25, 0.3) is 0 Å². The topological polar surface area (TPSA) is 36.9 Å². The molecule has 0 aliphatic carbocycles. The molecule has 0 amide bonds. The Hall–Kier alpha value is -0.940. The molecule has 0 aliphatic heterocycles. The Kier molecular flexibility index (Phi) is 10.4. The molecule has 0 N–H and O–H groups in total. The third-order valence-electron chi connectivity index (χ3n) is 4.86. The van der Waals surface area contributed by atoms with Crippen molar-refractivity contribution in [3.63, 3.8) is 0 Å². The third kappa shape index (κ3) is 5.53. The summed E-state index contributed by atoms with van der Waals surface area (Å²) in [6.07, 6.45) is 8.00. The van der Waals surface area contributed by atoms with Crippen LogP contribution >= 0.6 is 0 Å². The van der Waals surface area contributed by atoms with Gasteiger partial charge in [0, 0.05) is 21.3 Å². The lowest BCUT2D eigenvalue weighted by atomic mass is 9.84. The number of unbranched alkanes of at least 4 members (excludes halogenated alkanes) is 5. The van der Waals surface area contributed by atoms with Crippen molar-refractivity contribution in [1.82, 2.24) is 0 Å². The molecule has 1 unspecified atom stereocenters. The molecule has 0 heterocycles. The molecule has 4 nitrogen and oxygen atoms in total. The molecular weight excluding hydrogens is 328 g/mol. The number of benzene rings is 1. The highest BCUT2D eigenvalue weighted by atomic mass is 16.9. The van der Waals surface area contributed by atoms with Gasteiger partial charge in [-0.1, -0.05) is 69.4 Å².